The van der Waals surface area contributed by atoms with Gasteiger partial charge in [0.25, 0.3) is 0 Å². The molecule has 1 aromatic rings. The molecule has 0 radical (unpaired) electrons. The predicted octanol–water partition coefficient (Wildman–Crippen LogP) is 2.37. The van der Waals surface area contributed by atoms with E-state index in [1.807, 2.05) is 12.3 Å². The molecule has 5 heteroatoms. The second kappa shape index (κ2) is 7.50. The molecule has 2 heterocycles. The van der Waals surface area contributed by atoms with Gasteiger partial charge in [0.05, 0.1) is 13.2 Å². The van der Waals surface area contributed by atoms with E-state index >= 15 is 0 Å². The lowest BCUT2D eigenvalue weighted by molar-refractivity contribution is 0.0271. The van der Waals surface area contributed by atoms with Crippen LogP contribution in [-0.4, -0.2) is 45.5 Å². The number of hydrogen-bond donors (Lipinski definition) is 1. The molecule has 20 heavy (non-hydrogen) atoms. The van der Waals surface area contributed by atoms with Gasteiger partial charge in [0.2, 0.25) is 0 Å². The van der Waals surface area contributed by atoms with Crippen molar-refractivity contribution in [2.75, 3.05) is 40.5 Å². The number of nitrogens with one attached hydrogen (secondary N) is 1. The van der Waals surface area contributed by atoms with Gasteiger partial charge in [0.15, 0.2) is 0 Å². The predicted molar refractivity (Wildman–Crippen MR) is 83.0 cm³/mol. The molecule has 0 saturated carbocycles. The number of rotatable bonds is 6. The third-order valence-corrected chi connectivity index (χ3v) is 4.78. The fourth-order valence-electron chi connectivity index (χ4n) is 3.25. The van der Waals surface area contributed by atoms with Crippen molar-refractivity contribution < 1.29 is 9.47 Å². The lowest BCUT2D eigenvalue weighted by Gasteiger charge is -2.43. The van der Waals surface area contributed by atoms with Crippen LogP contribution in [0.3, 0.4) is 0 Å². The summed E-state index contributed by atoms with van der Waals surface area (Å²) < 4.78 is 11.8. The summed E-state index contributed by atoms with van der Waals surface area (Å²) in [6.07, 6.45) is 4.18. The van der Waals surface area contributed by atoms with Crippen molar-refractivity contribution >= 4 is 15.9 Å². The summed E-state index contributed by atoms with van der Waals surface area (Å²) in [5.41, 5.74) is 1.38. The van der Waals surface area contributed by atoms with E-state index in [0.717, 1.165) is 30.5 Å². The molecule has 112 valence electrons. The molecule has 4 nitrogen and oxygen atoms in total. The maximum Gasteiger partial charge on any atom is 0.106 e. The highest BCUT2D eigenvalue weighted by molar-refractivity contribution is 9.10. The molecule has 1 aromatic heterocycles. The van der Waals surface area contributed by atoms with Crippen molar-refractivity contribution in [3.8, 4) is 0 Å². The summed E-state index contributed by atoms with van der Waals surface area (Å²) in [6, 6.07) is 4.20. The molecule has 1 saturated heterocycles. The van der Waals surface area contributed by atoms with Gasteiger partial charge in [0.1, 0.15) is 4.60 Å². The number of piperidine rings is 1. The Morgan fingerprint density at radius 3 is 2.40 bits per heavy atom. The molecular weight excluding hydrogens is 320 g/mol. The number of halogens is 1. The number of hydrogen-bond acceptors (Lipinski definition) is 4. The van der Waals surface area contributed by atoms with E-state index in [-0.39, 0.29) is 5.41 Å². The largest absolute Gasteiger partial charge is 0.384 e. The average molecular weight is 343 g/mol. The number of nitrogens with zero attached hydrogens (tertiary/aromatic N) is 1. The van der Waals surface area contributed by atoms with Crippen LogP contribution in [0.15, 0.2) is 22.9 Å². The Hall–Kier alpha value is -0.490. The van der Waals surface area contributed by atoms with Crippen LogP contribution in [0, 0.1) is 5.92 Å². The van der Waals surface area contributed by atoms with Crippen molar-refractivity contribution in [2.45, 2.75) is 18.3 Å². The zero-order chi connectivity index (χ0) is 14.4. The van der Waals surface area contributed by atoms with E-state index in [1.54, 1.807) is 14.2 Å². The van der Waals surface area contributed by atoms with Crippen LogP contribution in [-0.2, 0) is 14.9 Å². The van der Waals surface area contributed by atoms with Crippen molar-refractivity contribution in [2.24, 2.45) is 5.92 Å². The Labute approximate surface area is 129 Å². The van der Waals surface area contributed by atoms with Crippen LogP contribution in [0.4, 0.5) is 0 Å². The normalized spacial score (nSPS) is 18.4. The van der Waals surface area contributed by atoms with E-state index in [1.165, 1.54) is 5.56 Å². The van der Waals surface area contributed by atoms with E-state index in [9.17, 15) is 0 Å². The standard InChI is InChI=1S/C15H23BrN2O2/c1-19-10-13(11-20-2)15(5-7-17-8-6-15)12-3-4-14(16)18-9-12/h3-4,9,13,17H,5-8,10-11H2,1-2H3. The van der Waals surface area contributed by atoms with Gasteiger partial charge in [-0.25, -0.2) is 4.98 Å². The van der Waals surface area contributed by atoms with Gasteiger partial charge >= 0.3 is 0 Å². The fraction of sp³-hybridized carbons (Fsp3) is 0.667. The molecule has 0 aromatic carbocycles. The smallest absolute Gasteiger partial charge is 0.106 e. The highest BCUT2D eigenvalue weighted by atomic mass is 79.9. The van der Waals surface area contributed by atoms with Crippen LogP contribution < -0.4 is 5.32 Å². The molecule has 1 aliphatic heterocycles. The topological polar surface area (TPSA) is 43.4 Å². The maximum atomic E-state index is 5.45. The molecule has 1 aliphatic rings. The molecular formula is C15H23BrN2O2. The second-order valence-electron chi connectivity index (χ2n) is 5.38. The Morgan fingerprint density at radius 2 is 1.90 bits per heavy atom. The third kappa shape index (κ3) is 3.39. The molecule has 0 spiro atoms. The highest BCUT2D eigenvalue weighted by Crippen LogP contribution is 2.41. The van der Waals surface area contributed by atoms with Crippen molar-refractivity contribution in [3.63, 3.8) is 0 Å². The van der Waals surface area contributed by atoms with Gasteiger partial charge < -0.3 is 14.8 Å². The van der Waals surface area contributed by atoms with Gasteiger partial charge in [-0.15, -0.1) is 0 Å². The van der Waals surface area contributed by atoms with E-state index in [4.69, 9.17) is 9.47 Å². The molecule has 2 rings (SSSR count). The summed E-state index contributed by atoms with van der Waals surface area (Å²) in [4.78, 5) is 4.42. The fourth-order valence-corrected chi connectivity index (χ4v) is 3.48. The highest BCUT2D eigenvalue weighted by Gasteiger charge is 2.41. The number of ether oxygens (including phenoxy) is 2. The summed E-state index contributed by atoms with van der Waals surface area (Å²) in [5.74, 6) is 0.350. The van der Waals surface area contributed by atoms with Crippen molar-refractivity contribution in [3.05, 3.63) is 28.5 Å². The number of methoxy groups -OCH3 is 2. The minimum absolute atomic E-state index is 0.0883. The maximum absolute atomic E-state index is 5.45. The van der Waals surface area contributed by atoms with Crippen LogP contribution in [0.5, 0.6) is 0 Å². The number of pyridine rings is 1. The molecule has 0 amide bonds. The van der Waals surface area contributed by atoms with Gasteiger partial charge in [-0.05, 0) is 53.5 Å². The SMILES string of the molecule is COCC(COC)C1(c2ccc(Br)nc2)CCNCC1. The molecule has 0 atom stereocenters. The lowest BCUT2D eigenvalue weighted by atomic mass is 9.65. The molecule has 0 aliphatic carbocycles. The van der Waals surface area contributed by atoms with E-state index < -0.39 is 0 Å². The zero-order valence-electron chi connectivity index (χ0n) is 12.2. The summed E-state index contributed by atoms with van der Waals surface area (Å²) in [5, 5.41) is 3.45. The van der Waals surface area contributed by atoms with E-state index in [2.05, 4.69) is 32.3 Å². The zero-order valence-corrected chi connectivity index (χ0v) is 13.8. The monoisotopic (exact) mass is 342 g/mol. The third-order valence-electron chi connectivity index (χ3n) is 4.32. The van der Waals surface area contributed by atoms with Crippen LogP contribution in [0.2, 0.25) is 0 Å². The van der Waals surface area contributed by atoms with E-state index in [0.29, 0.717) is 19.1 Å². The minimum atomic E-state index is 0.0883. The Morgan fingerprint density at radius 1 is 1.25 bits per heavy atom. The Balaban J connectivity index is 2.34. The van der Waals surface area contributed by atoms with Gasteiger partial charge in [-0.2, -0.15) is 0 Å². The average Bonchev–Trinajstić information content (AvgIpc) is 2.48. The first kappa shape index (κ1) is 15.9. The number of aromatic nitrogens is 1. The molecule has 0 unspecified atom stereocenters. The molecule has 1 fully saturated rings. The second-order valence-corrected chi connectivity index (χ2v) is 6.20. The first-order valence-corrected chi connectivity index (χ1v) is 7.83. The summed E-state index contributed by atoms with van der Waals surface area (Å²) in [7, 11) is 3.52. The van der Waals surface area contributed by atoms with Crippen LogP contribution in [0.25, 0.3) is 0 Å². The molecule has 0 bridgehead atoms. The van der Waals surface area contributed by atoms with Crippen molar-refractivity contribution in [1.29, 1.82) is 0 Å². The lowest BCUT2D eigenvalue weighted by Crippen LogP contribution is -2.48. The quantitative estimate of drug-likeness (QED) is 0.806. The Kier molecular flexibility index (Phi) is 5.96. The van der Waals surface area contributed by atoms with Gasteiger partial charge in [0, 0.05) is 31.7 Å². The van der Waals surface area contributed by atoms with Crippen LogP contribution >= 0.6 is 15.9 Å². The van der Waals surface area contributed by atoms with Gasteiger partial charge in [-0.3, -0.25) is 0 Å². The van der Waals surface area contributed by atoms with Crippen molar-refractivity contribution in [1.82, 2.24) is 10.3 Å². The summed E-state index contributed by atoms with van der Waals surface area (Å²) in [6.45, 7) is 3.48. The Bertz CT molecular complexity index is 399. The first-order valence-electron chi connectivity index (χ1n) is 7.03. The first-order chi connectivity index (χ1) is 9.73. The molecule has 1 N–H and O–H groups in total. The van der Waals surface area contributed by atoms with Crippen LogP contribution in [0.1, 0.15) is 18.4 Å². The minimum Gasteiger partial charge on any atom is -0.384 e. The van der Waals surface area contributed by atoms with Gasteiger partial charge in [-0.1, -0.05) is 6.07 Å². The summed E-state index contributed by atoms with van der Waals surface area (Å²) >= 11 is 3.41.